The van der Waals surface area contributed by atoms with Crippen molar-refractivity contribution < 1.29 is 4.79 Å². The highest BCUT2D eigenvalue weighted by molar-refractivity contribution is 5.86. The van der Waals surface area contributed by atoms with E-state index >= 15 is 0 Å². The summed E-state index contributed by atoms with van der Waals surface area (Å²) in [6.45, 7) is 2.24. The average Bonchev–Trinajstić information content (AvgIpc) is 2.75. The third-order valence-electron chi connectivity index (χ3n) is 4.18. The summed E-state index contributed by atoms with van der Waals surface area (Å²) in [5.74, 6) is 2.37. The molecule has 0 aromatic rings. The van der Waals surface area contributed by atoms with E-state index in [2.05, 4.69) is 6.92 Å². The van der Waals surface area contributed by atoms with Crippen molar-refractivity contribution in [2.24, 2.45) is 17.8 Å². The first-order valence-corrected chi connectivity index (χ1v) is 6.36. The van der Waals surface area contributed by atoms with Gasteiger partial charge < -0.3 is 0 Å². The summed E-state index contributed by atoms with van der Waals surface area (Å²) in [6, 6.07) is 0. The van der Waals surface area contributed by atoms with Gasteiger partial charge >= 0.3 is 0 Å². The number of hydrogen-bond acceptors (Lipinski definition) is 1. The second kappa shape index (κ2) is 4.46. The smallest absolute Gasteiger partial charge is 0.139 e. The maximum absolute atomic E-state index is 11.8. The second-order valence-corrected chi connectivity index (χ2v) is 5.13. The molecule has 2 rings (SSSR count). The molecule has 0 N–H and O–H groups in total. The van der Waals surface area contributed by atoms with Gasteiger partial charge in [-0.1, -0.05) is 32.6 Å². The number of hydrogen-bond donors (Lipinski definition) is 0. The molecular weight excluding hydrogens is 172 g/mol. The summed E-state index contributed by atoms with van der Waals surface area (Å²) in [5, 5.41) is 0. The van der Waals surface area contributed by atoms with Gasteiger partial charge in [-0.25, -0.2) is 0 Å². The van der Waals surface area contributed by atoms with Crippen LogP contribution in [0.5, 0.6) is 0 Å². The summed E-state index contributed by atoms with van der Waals surface area (Å²) >= 11 is 0. The van der Waals surface area contributed by atoms with Gasteiger partial charge in [0, 0.05) is 11.8 Å². The summed E-state index contributed by atoms with van der Waals surface area (Å²) < 4.78 is 0. The number of unbranched alkanes of at least 4 members (excludes halogenated alkanes) is 3. The van der Waals surface area contributed by atoms with Gasteiger partial charge in [0.25, 0.3) is 0 Å². The minimum Gasteiger partial charge on any atom is -0.299 e. The summed E-state index contributed by atoms with van der Waals surface area (Å²) in [4.78, 5) is 11.8. The van der Waals surface area contributed by atoms with Crippen molar-refractivity contribution in [3.8, 4) is 0 Å². The first-order chi connectivity index (χ1) is 6.83. The lowest BCUT2D eigenvalue weighted by atomic mass is 9.84. The molecule has 2 aliphatic rings. The lowest BCUT2D eigenvalue weighted by molar-refractivity contribution is -0.126. The van der Waals surface area contributed by atoms with Crippen molar-refractivity contribution in [3.63, 3.8) is 0 Å². The molecule has 0 saturated heterocycles. The number of carbonyl (C=O) groups is 1. The number of rotatable bonds is 5. The third-order valence-corrected chi connectivity index (χ3v) is 4.18. The Balaban J connectivity index is 1.73. The molecule has 0 aromatic carbocycles. The third kappa shape index (κ3) is 1.87. The van der Waals surface area contributed by atoms with Gasteiger partial charge in [-0.15, -0.1) is 0 Å². The average molecular weight is 194 g/mol. The van der Waals surface area contributed by atoms with Crippen LogP contribution in [0.15, 0.2) is 0 Å². The maximum atomic E-state index is 11.8. The van der Waals surface area contributed by atoms with Gasteiger partial charge in [-0.2, -0.15) is 0 Å². The predicted octanol–water partition coefficient (Wildman–Crippen LogP) is 3.57. The van der Waals surface area contributed by atoms with Gasteiger partial charge in [0.2, 0.25) is 0 Å². The number of fused-ring (bicyclic) bond motifs is 2. The largest absolute Gasteiger partial charge is 0.299 e. The van der Waals surface area contributed by atoms with Crippen molar-refractivity contribution >= 4 is 5.78 Å². The van der Waals surface area contributed by atoms with Crippen LogP contribution in [0.25, 0.3) is 0 Å². The molecule has 2 saturated carbocycles. The zero-order valence-electron chi connectivity index (χ0n) is 9.30. The molecule has 0 aliphatic heterocycles. The highest BCUT2D eigenvalue weighted by Gasteiger charge is 2.45. The Labute approximate surface area is 87.3 Å². The van der Waals surface area contributed by atoms with E-state index in [-0.39, 0.29) is 0 Å². The molecular formula is C13H22O. The van der Waals surface area contributed by atoms with E-state index in [0.29, 0.717) is 17.6 Å². The molecule has 1 heteroatoms. The van der Waals surface area contributed by atoms with Crippen molar-refractivity contribution in [1.29, 1.82) is 0 Å². The Hall–Kier alpha value is -0.330. The van der Waals surface area contributed by atoms with Crippen molar-refractivity contribution in [3.05, 3.63) is 0 Å². The van der Waals surface area contributed by atoms with Crippen LogP contribution in [-0.4, -0.2) is 5.78 Å². The van der Waals surface area contributed by atoms with Crippen LogP contribution in [0.1, 0.15) is 58.3 Å². The normalized spacial score (nSPS) is 35.5. The number of carbonyl (C=O) groups excluding carboxylic acids is 1. The van der Waals surface area contributed by atoms with Crippen molar-refractivity contribution in [2.75, 3.05) is 0 Å². The number of Topliss-reactive ketones (excluding diaryl/α,β-unsaturated/α-hetero) is 1. The SMILES string of the molecule is CCCCCC[C@@H]1C(=O)[C@H]2CC[C@@H]1C2. The van der Waals surface area contributed by atoms with E-state index in [1.54, 1.807) is 0 Å². The second-order valence-electron chi connectivity index (χ2n) is 5.13. The summed E-state index contributed by atoms with van der Waals surface area (Å²) in [7, 11) is 0. The maximum Gasteiger partial charge on any atom is 0.139 e. The highest BCUT2D eigenvalue weighted by atomic mass is 16.1. The Morgan fingerprint density at radius 2 is 2.07 bits per heavy atom. The van der Waals surface area contributed by atoms with Crippen LogP contribution < -0.4 is 0 Å². The minimum absolute atomic E-state index is 0.477. The summed E-state index contributed by atoms with van der Waals surface area (Å²) in [6.07, 6.45) is 10.2. The van der Waals surface area contributed by atoms with Crippen LogP contribution >= 0.6 is 0 Å². The molecule has 0 radical (unpaired) electrons. The quantitative estimate of drug-likeness (QED) is 0.611. The number of ketones is 1. The Morgan fingerprint density at radius 1 is 1.21 bits per heavy atom. The summed E-state index contributed by atoms with van der Waals surface area (Å²) in [5.41, 5.74) is 0. The topological polar surface area (TPSA) is 17.1 Å². The van der Waals surface area contributed by atoms with Gasteiger partial charge in [0.1, 0.15) is 5.78 Å². The molecule has 2 fully saturated rings. The van der Waals surface area contributed by atoms with E-state index in [1.165, 1.54) is 51.4 Å². The molecule has 0 unspecified atom stereocenters. The predicted molar refractivity (Wildman–Crippen MR) is 58.1 cm³/mol. The van der Waals surface area contributed by atoms with Crippen molar-refractivity contribution in [2.45, 2.75) is 58.3 Å². The first kappa shape index (κ1) is 10.2. The van der Waals surface area contributed by atoms with Crippen LogP contribution in [0, 0.1) is 17.8 Å². The molecule has 0 spiro atoms. The molecule has 0 aromatic heterocycles. The van der Waals surface area contributed by atoms with E-state index in [4.69, 9.17) is 0 Å². The highest BCUT2D eigenvalue weighted by Crippen LogP contribution is 2.47. The molecule has 0 amide bonds. The van der Waals surface area contributed by atoms with Crippen LogP contribution in [0.3, 0.4) is 0 Å². The Kier molecular flexibility index (Phi) is 3.25. The molecule has 2 aliphatic carbocycles. The zero-order valence-corrected chi connectivity index (χ0v) is 9.30. The van der Waals surface area contributed by atoms with E-state index in [0.717, 1.165) is 5.92 Å². The fourth-order valence-electron chi connectivity index (χ4n) is 3.34. The Bertz CT molecular complexity index is 209. The van der Waals surface area contributed by atoms with Crippen LogP contribution in [-0.2, 0) is 4.79 Å². The first-order valence-electron chi connectivity index (χ1n) is 6.36. The monoisotopic (exact) mass is 194 g/mol. The lowest BCUT2D eigenvalue weighted by Gasteiger charge is -2.19. The molecule has 0 heterocycles. The standard InChI is InChI=1S/C13H22O/c1-2-3-4-5-6-12-10-7-8-11(9-10)13(12)14/h10-12H,2-9H2,1H3/t10-,11+,12+/m1/s1. The van der Waals surface area contributed by atoms with Crippen molar-refractivity contribution in [1.82, 2.24) is 0 Å². The molecule has 1 nitrogen and oxygen atoms in total. The van der Waals surface area contributed by atoms with E-state index < -0.39 is 0 Å². The zero-order chi connectivity index (χ0) is 9.97. The molecule has 3 atom stereocenters. The Morgan fingerprint density at radius 3 is 2.71 bits per heavy atom. The fraction of sp³-hybridized carbons (Fsp3) is 0.923. The van der Waals surface area contributed by atoms with Gasteiger partial charge in [0.05, 0.1) is 0 Å². The molecule has 2 bridgehead atoms. The lowest BCUT2D eigenvalue weighted by Crippen LogP contribution is -2.21. The van der Waals surface area contributed by atoms with E-state index in [1.807, 2.05) is 0 Å². The van der Waals surface area contributed by atoms with Crippen LogP contribution in [0.2, 0.25) is 0 Å². The van der Waals surface area contributed by atoms with Gasteiger partial charge in [-0.05, 0) is 31.6 Å². The van der Waals surface area contributed by atoms with Crippen LogP contribution in [0.4, 0.5) is 0 Å². The fourth-order valence-corrected chi connectivity index (χ4v) is 3.34. The van der Waals surface area contributed by atoms with Gasteiger partial charge in [-0.3, -0.25) is 4.79 Å². The van der Waals surface area contributed by atoms with Gasteiger partial charge in [0.15, 0.2) is 0 Å². The molecule has 80 valence electrons. The van der Waals surface area contributed by atoms with E-state index in [9.17, 15) is 4.79 Å². The minimum atomic E-state index is 0.477. The molecule has 14 heavy (non-hydrogen) atoms.